The van der Waals surface area contributed by atoms with Crippen molar-refractivity contribution in [1.29, 1.82) is 0 Å². The average molecular weight is 459 g/mol. The Morgan fingerprint density at radius 1 is 1.35 bits per heavy atom. The van der Waals surface area contributed by atoms with E-state index in [9.17, 15) is 22.4 Å². The molecule has 2 rings (SSSR count). The van der Waals surface area contributed by atoms with Gasteiger partial charge in [0.05, 0.1) is 13.0 Å². The minimum absolute atomic E-state index is 0.0420. The van der Waals surface area contributed by atoms with Gasteiger partial charge in [0.25, 0.3) is 10.2 Å². The standard InChI is InChI=1S/C20H31FN4O5S/c1-5-6-15-10-17(9-13(2)18(15)21)23-19(26)16-7-8-25(12-16)31(28,29)24-14(3)11-22-20(27)30-4/h9-10,14,16,24H,5-8,11-12H2,1-4H3,(H,22,27)(H,23,26). The Morgan fingerprint density at radius 3 is 2.71 bits per heavy atom. The van der Waals surface area contributed by atoms with Crippen LogP contribution in [-0.4, -0.2) is 57.5 Å². The zero-order chi connectivity index (χ0) is 23.2. The molecule has 1 saturated heterocycles. The van der Waals surface area contributed by atoms with Crippen LogP contribution in [0.25, 0.3) is 0 Å². The summed E-state index contributed by atoms with van der Waals surface area (Å²) >= 11 is 0. The van der Waals surface area contributed by atoms with Crippen LogP contribution in [0, 0.1) is 18.7 Å². The maximum Gasteiger partial charge on any atom is 0.406 e. The molecule has 1 aromatic carbocycles. The fourth-order valence-electron chi connectivity index (χ4n) is 3.45. The number of rotatable bonds is 9. The van der Waals surface area contributed by atoms with Crippen LogP contribution in [0.2, 0.25) is 0 Å². The van der Waals surface area contributed by atoms with Crippen LogP contribution < -0.4 is 15.4 Å². The highest BCUT2D eigenvalue weighted by Gasteiger charge is 2.35. The van der Waals surface area contributed by atoms with Gasteiger partial charge in [0.2, 0.25) is 5.91 Å². The number of hydrogen-bond acceptors (Lipinski definition) is 5. The van der Waals surface area contributed by atoms with Crippen LogP contribution in [0.3, 0.4) is 0 Å². The lowest BCUT2D eigenvalue weighted by molar-refractivity contribution is -0.119. The minimum atomic E-state index is -3.82. The summed E-state index contributed by atoms with van der Waals surface area (Å²) in [6.07, 6.45) is 1.08. The maximum atomic E-state index is 14.2. The van der Waals surface area contributed by atoms with Crippen molar-refractivity contribution in [3.8, 4) is 0 Å². The van der Waals surface area contributed by atoms with Gasteiger partial charge in [-0.2, -0.15) is 17.4 Å². The number of methoxy groups -OCH3 is 1. The number of carbonyl (C=O) groups is 2. The third-order valence-electron chi connectivity index (χ3n) is 5.07. The first-order valence-electron chi connectivity index (χ1n) is 10.3. The van der Waals surface area contributed by atoms with Crippen molar-refractivity contribution in [3.63, 3.8) is 0 Å². The molecule has 0 saturated carbocycles. The summed E-state index contributed by atoms with van der Waals surface area (Å²) in [5.74, 6) is -1.08. The molecule has 2 atom stereocenters. The average Bonchev–Trinajstić information content (AvgIpc) is 3.21. The molecule has 1 fully saturated rings. The Kier molecular flexibility index (Phi) is 8.78. The number of carbonyl (C=O) groups excluding carboxylic acids is 2. The van der Waals surface area contributed by atoms with Crippen LogP contribution in [0.4, 0.5) is 14.9 Å². The summed E-state index contributed by atoms with van der Waals surface area (Å²) in [6, 6.07) is 2.65. The molecule has 0 aliphatic carbocycles. The zero-order valence-corrected chi connectivity index (χ0v) is 19.1. The Labute approximate surface area is 182 Å². The second kappa shape index (κ2) is 10.9. The van der Waals surface area contributed by atoms with Crippen LogP contribution in [0.1, 0.15) is 37.8 Å². The van der Waals surface area contributed by atoms with E-state index in [4.69, 9.17) is 0 Å². The predicted octanol–water partition coefficient (Wildman–Crippen LogP) is 1.93. The molecule has 0 spiro atoms. The van der Waals surface area contributed by atoms with Crippen molar-refractivity contribution in [2.45, 2.75) is 46.1 Å². The quantitative estimate of drug-likeness (QED) is 0.523. The first-order valence-corrected chi connectivity index (χ1v) is 11.7. The van der Waals surface area contributed by atoms with Crippen molar-refractivity contribution in [2.24, 2.45) is 5.92 Å². The molecule has 31 heavy (non-hydrogen) atoms. The van der Waals surface area contributed by atoms with Crippen LogP contribution in [0.15, 0.2) is 12.1 Å². The molecule has 2 unspecified atom stereocenters. The van der Waals surface area contributed by atoms with Crippen LogP contribution >= 0.6 is 0 Å². The Bertz CT molecular complexity index is 909. The number of aryl methyl sites for hydroxylation is 2. The van der Waals surface area contributed by atoms with Crippen molar-refractivity contribution >= 4 is 27.9 Å². The number of hydrogen-bond donors (Lipinski definition) is 3. The largest absolute Gasteiger partial charge is 0.453 e. The number of nitrogens with zero attached hydrogens (tertiary/aromatic N) is 1. The summed E-state index contributed by atoms with van der Waals surface area (Å²) in [6.45, 7) is 5.52. The van der Waals surface area contributed by atoms with Gasteiger partial charge in [-0.05, 0) is 49.9 Å². The van der Waals surface area contributed by atoms with Crippen molar-refractivity contribution in [3.05, 3.63) is 29.1 Å². The van der Waals surface area contributed by atoms with Crippen LogP contribution in [0.5, 0.6) is 0 Å². The topological polar surface area (TPSA) is 117 Å². The first-order chi connectivity index (χ1) is 14.6. The van der Waals surface area contributed by atoms with E-state index in [-0.39, 0.29) is 31.4 Å². The van der Waals surface area contributed by atoms with E-state index in [2.05, 4.69) is 20.1 Å². The summed E-state index contributed by atoms with van der Waals surface area (Å²) in [7, 11) is -2.60. The highest BCUT2D eigenvalue weighted by Crippen LogP contribution is 2.24. The number of benzene rings is 1. The number of anilines is 1. The Morgan fingerprint density at radius 2 is 2.06 bits per heavy atom. The molecule has 2 amide bonds. The van der Waals surface area contributed by atoms with Gasteiger partial charge in [0, 0.05) is 31.4 Å². The Hall–Kier alpha value is -2.24. The van der Waals surface area contributed by atoms with Crippen molar-refractivity contribution in [1.82, 2.24) is 14.3 Å². The van der Waals surface area contributed by atoms with Crippen molar-refractivity contribution in [2.75, 3.05) is 32.1 Å². The fourth-order valence-corrected chi connectivity index (χ4v) is 4.91. The van der Waals surface area contributed by atoms with Crippen LogP contribution in [-0.2, 0) is 26.2 Å². The lowest BCUT2D eigenvalue weighted by atomic mass is 10.0. The van der Waals surface area contributed by atoms with E-state index in [1.54, 1.807) is 26.0 Å². The molecule has 0 radical (unpaired) electrons. The number of halogens is 1. The van der Waals surface area contributed by atoms with Gasteiger partial charge in [0.15, 0.2) is 0 Å². The van der Waals surface area contributed by atoms with E-state index in [0.29, 0.717) is 29.7 Å². The van der Waals surface area contributed by atoms with Crippen molar-refractivity contribution < 1.29 is 27.1 Å². The monoisotopic (exact) mass is 458 g/mol. The summed E-state index contributed by atoms with van der Waals surface area (Å²) in [5, 5.41) is 5.22. The van der Waals surface area contributed by atoms with E-state index in [1.165, 1.54) is 11.4 Å². The minimum Gasteiger partial charge on any atom is -0.453 e. The van der Waals surface area contributed by atoms with E-state index < -0.39 is 28.3 Å². The second-order valence-electron chi connectivity index (χ2n) is 7.75. The van der Waals surface area contributed by atoms with Gasteiger partial charge < -0.3 is 15.4 Å². The molecular weight excluding hydrogens is 427 g/mol. The fraction of sp³-hybridized carbons (Fsp3) is 0.600. The lowest BCUT2D eigenvalue weighted by Crippen LogP contribution is -2.47. The zero-order valence-electron chi connectivity index (χ0n) is 18.3. The predicted molar refractivity (Wildman–Crippen MR) is 115 cm³/mol. The number of nitrogens with one attached hydrogen (secondary N) is 3. The molecule has 0 bridgehead atoms. The molecule has 9 nitrogen and oxygen atoms in total. The van der Waals surface area contributed by atoms with Gasteiger partial charge in [-0.25, -0.2) is 9.18 Å². The molecule has 1 aromatic rings. The van der Waals surface area contributed by atoms with Gasteiger partial charge >= 0.3 is 6.09 Å². The maximum absolute atomic E-state index is 14.2. The Balaban J connectivity index is 1.96. The molecule has 3 N–H and O–H groups in total. The van der Waals surface area contributed by atoms with E-state index in [0.717, 1.165) is 6.42 Å². The van der Waals surface area contributed by atoms with Gasteiger partial charge in [-0.3, -0.25) is 4.79 Å². The molecule has 11 heteroatoms. The van der Waals surface area contributed by atoms with E-state index >= 15 is 0 Å². The molecular formula is C20H31FN4O5S. The van der Waals surface area contributed by atoms with Gasteiger partial charge in [-0.1, -0.05) is 13.3 Å². The molecule has 1 aliphatic heterocycles. The van der Waals surface area contributed by atoms with Gasteiger partial charge in [-0.15, -0.1) is 0 Å². The lowest BCUT2D eigenvalue weighted by Gasteiger charge is -2.21. The first kappa shape index (κ1) is 25.0. The SMILES string of the molecule is CCCc1cc(NC(=O)C2CCN(S(=O)(=O)NC(C)CNC(=O)OC)C2)cc(C)c1F. The summed E-state index contributed by atoms with van der Waals surface area (Å²) < 4.78 is 47.5. The highest BCUT2D eigenvalue weighted by molar-refractivity contribution is 7.87. The van der Waals surface area contributed by atoms with E-state index in [1.807, 2.05) is 6.92 Å². The normalized spacial score (nSPS) is 17.9. The number of amides is 2. The molecule has 174 valence electrons. The summed E-state index contributed by atoms with van der Waals surface area (Å²) in [5.41, 5.74) is 1.51. The second-order valence-corrected chi connectivity index (χ2v) is 9.45. The third kappa shape index (κ3) is 6.88. The molecule has 1 heterocycles. The molecule has 0 aromatic heterocycles. The highest BCUT2D eigenvalue weighted by atomic mass is 32.2. The smallest absolute Gasteiger partial charge is 0.406 e. The number of alkyl carbamates (subject to hydrolysis) is 1. The third-order valence-corrected chi connectivity index (χ3v) is 6.78. The van der Waals surface area contributed by atoms with Gasteiger partial charge in [0.1, 0.15) is 5.82 Å². The number of ether oxygens (including phenoxy) is 1. The molecule has 1 aliphatic rings. The summed E-state index contributed by atoms with van der Waals surface area (Å²) in [4.78, 5) is 23.8.